The minimum absolute atomic E-state index is 0.0581. The number of H-pyrrole nitrogens is 1. The van der Waals surface area contributed by atoms with Gasteiger partial charge in [-0.2, -0.15) is 0 Å². The first-order valence-electron chi connectivity index (χ1n) is 6.03. The Morgan fingerprint density at radius 1 is 1.53 bits per heavy atom. The van der Waals surface area contributed by atoms with Crippen LogP contribution in [0, 0.1) is 12.8 Å². The minimum Gasteiger partial charge on any atom is -0.336 e. The van der Waals surface area contributed by atoms with E-state index in [-0.39, 0.29) is 11.7 Å². The minimum atomic E-state index is -0.0581. The molecule has 2 heterocycles. The Bertz CT molecular complexity index is 381. The molecule has 1 aromatic heterocycles. The average Bonchev–Trinajstić information content (AvgIpc) is 2.76. The molecule has 1 aliphatic rings. The highest BCUT2D eigenvalue weighted by molar-refractivity contribution is 5.90. The molecule has 1 fully saturated rings. The lowest BCUT2D eigenvalue weighted by molar-refractivity contribution is 0.0679. The fourth-order valence-electron chi connectivity index (χ4n) is 2.21. The predicted molar refractivity (Wildman–Crippen MR) is 63.7 cm³/mol. The molecule has 0 saturated carbocycles. The lowest BCUT2D eigenvalue weighted by atomic mass is 9.97. The normalized spacial score (nSPS) is 17.4. The van der Waals surface area contributed by atoms with Crippen molar-refractivity contribution in [2.45, 2.75) is 19.8 Å². The maximum absolute atomic E-state index is 12.0. The van der Waals surface area contributed by atoms with Crippen LogP contribution in [0.25, 0.3) is 0 Å². The van der Waals surface area contributed by atoms with Crippen LogP contribution in [-0.2, 0) is 0 Å². The highest BCUT2D eigenvalue weighted by atomic mass is 16.2. The van der Waals surface area contributed by atoms with Crippen molar-refractivity contribution in [3.8, 4) is 0 Å². The number of carbonyl (C=O) groups is 1. The number of rotatable bonds is 3. The number of likely N-dealkylation sites (tertiary alicyclic amines) is 1. The zero-order valence-electron chi connectivity index (χ0n) is 10.4. The molecule has 94 valence electrons. The second-order valence-electron chi connectivity index (χ2n) is 4.54. The molecule has 17 heavy (non-hydrogen) atoms. The Morgan fingerprint density at radius 3 is 2.76 bits per heavy atom. The number of hydrogen-bond donors (Lipinski definition) is 2. The summed E-state index contributed by atoms with van der Waals surface area (Å²) in [5.41, 5.74) is 0. The molecule has 0 atom stereocenters. The van der Waals surface area contributed by atoms with Gasteiger partial charge >= 0.3 is 0 Å². The van der Waals surface area contributed by atoms with Crippen LogP contribution >= 0.6 is 0 Å². The summed E-state index contributed by atoms with van der Waals surface area (Å²) in [4.78, 5) is 18.0. The van der Waals surface area contributed by atoms with Crippen LogP contribution in [0.2, 0.25) is 0 Å². The second-order valence-corrected chi connectivity index (χ2v) is 4.54. The van der Waals surface area contributed by atoms with Crippen molar-refractivity contribution in [1.29, 1.82) is 0 Å². The molecule has 1 saturated heterocycles. The number of aromatic nitrogens is 3. The first-order chi connectivity index (χ1) is 8.20. The van der Waals surface area contributed by atoms with Crippen molar-refractivity contribution in [3.63, 3.8) is 0 Å². The van der Waals surface area contributed by atoms with Crippen LogP contribution in [0.3, 0.4) is 0 Å². The van der Waals surface area contributed by atoms with Gasteiger partial charge in [0.15, 0.2) is 0 Å². The van der Waals surface area contributed by atoms with E-state index in [4.69, 9.17) is 0 Å². The number of aromatic amines is 1. The third-order valence-corrected chi connectivity index (χ3v) is 3.18. The number of nitrogens with zero attached hydrogens (tertiary/aromatic N) is 3. The summed E-state index contributed by atoms with van der Waals surface area (Å²) in [5, 5.41) is 9.79. The zero-order valence-corrected chi connectivity index (χ0v) is 10.4. The van der Waals surface area contributed by atoms with Gasteiger partial charge in [0.1, 0.15) is 5.82 Å². The van der Waals surface area contributed by atoms with E-state index in [1.807, 2.05) is 11.9 Å². The fraction of sp³-hybridized carbons (Fsp3) is 0.727. The Morgan fingerprint density at radius 2 is 2.24 bits per heavy atom. The number of aryl methyl sites for hydroxylation is 1. The zero-order chi connectivity index (χ0) is 12.3. The second kappa shape index (κ2) is 5.27. The van der Waals surface area contributed by atoms with Crippen molar-refractivity contribution in [1.82, 2.24) is 25.4 Å². The van der Waals surface area contributed by atoms with Gasteiger partial charge < -0.3 is 10.2 Å². The van der Waals surface area contributed by atoms with Crippen molar-refractivity contribution in [2.75, 3.05) is 26.7 Å². The summed E-state index contributed by atoms with van der Waals surface area (Å²) >= 11 is 0. The van der Waals surface area contributed by atoms with E-state index < -0.39 is 0 Å². The smallest absolute Gasteiger partial charge is 0.293 e. The van der Waals surface area contributed by atoms with E-state index in [0.29, 0.717) is 11.7 Å². The molecule has 1 aliphatic heterocycles. The molecule has 1 amide bonds. The lowest BCUT2D eigenvalue weighted by Crippen LogP contribution is -2.40. The van der Waals surface area contributed by atoms with Gasteiger partial charge in [0.2, 0.25) is 5.82 Å². The molecule has 0 unspecified atom stereocenters. The highest BCUT2D eigenvalue weighted by Gasteiger charge is 2.25. The maximum atomic E-state index is 12.0. The van der Waals surface area contributed by atoms with E-state index in [0.717, 1.165) is 32.5 Å². The van der Waals surface area contributed by atoms with Crippen LogP contribution in [0.15, 0.2) is 0 Å². The summed E-state index contributed by atoms with van der Waals surface area (Å²) in [5.74, 6) is 1.59. The van der Waals surface area contributed by atoms with Crippen molar-refractivity contribution >= 4 is 5.91 Å². The Labute approximate surface area is 101 Å². The number of carbonyl (C=O) groups excluding carboxylic acids is 1. The first-order valence-corrected chi connectivity index (χ1v) is 6.03. The molecule has 1 aromatic rings. The summed E-state index contributed by atoms with van der Waals surface area (Å²) in [7, 11) is 1.97. The first kappa shape index (κ1) is 12.0. The summed E-state index contributed by atoms with van der Waals surface area (Å²) in [6.07, 6.45) is 2.10. The van der Waals surface area contributed by atoms with Gasteiger partial charge in [0.05, 0.1) is 0 Å². The number of piperidine rings is 1. The molecule has 0 aromatic carbocycles. The molecule has 6 heteroatoms. The third kappa shape index (κ3) is 2.82. The molecule has 0 aliphatic carbocycles. The van der Waals surface area contributed by atoms with Gasteiger partial charge in [0.25, 0.3) is 5.91 Å². The van der Waals surface area contributed by atoms with Gasteiger partial charge in [-0.15, -0.1) is 5.10 Å². The Kier molecular flexibility index (Phi) is 3.73. The van der Waals surface area contributed by atoms with E-state index in [2.05, 4.69) is 20.5 Å². The summed E-state index contributed by atoms with van der Waals surface area (Å²) < 4.78 is 0. The van der Waals surface area contributed by atoms with Gasteiger partial charge in [-0.05, 0) is 39.3 Å². The third-order valence-electron chi connectivity index (χ3n) is 3.18. The molecule has 6 nitrogen and oxygen atoms in total. The van der Waals surface area contributed by atoms with Crippen LogP contribution < -0.4 is 5.32 Å². The molecule has 0 spiro atoms. The highest BCUT2D eigenvalue weighted by Crippen LogP contribution is 2.17. The predicted octanol–water partition coefficient (Wildman–Crippen LogP) is 0.185. The van der Waals surface area contributed by atoms with E-state index in [1.54, 1.807) is 6.92 Å². The Hall–Kier alpha value is -1.43. The van der Waals surface area contributed by atoms with Crippen LogP contribution in [0.5, 0.6) is 0 Å². The molecule has 2 rings (SSSR count). The molecule has 0 bridgehead atoms. The summed E-state index contributed by atoms with van der Waals surface area (Å²) in [6.45, 7) is 4.43. The van der Waals surface area contributed by atoms with Gasteiger partial charge in [-0.1, -0.05) is 0 Å². The topological polar surface area (TPSA) is 73.9 Å². The standard InChI is InChI=1S/C11H19N5O/c1-8-13-10(15-14-8)11(17)16-5-3-9(4-6-16)7-12-2/h9,12H,3-7H2,1-2H3,(H,13,14,15). The Balaban J connectivity index is 1.90. The molecular weight excluding hydrogens is 218 g/mol. The van der Waals surface area contributed by atoms with Gasteiger partial charge in [-0.3, -0.25) is 9.89 Å². The maximum Gasteiger partial charge on any atom is 0.293 e. The van der Waals surface area contributed by atoms with Crippen molar-refractivity contribution in [2.24, 2.45) is 5.92 Å². The van der Waals surface area contributed by atoms with Crippen LogP contribution in [0.4, 0.5) is 0 Å². The summed E-state index contributed by atoms with van der Waals surface area (Å²) in [6, 6.07) is 0. The van der Waals surface area contributed by atoms with E-state index in [1.165, 1.54) is 0 Å². The van der Waals surface area contributed by atoms with E-state index >= 15 is 0 Å². The van der Waals surface area contributed by atoms with Gasteiger partial charge in [0, 0.05) is 13.1 Å². The number of nitrogens with one attached hydrogen (secondary N) is 2. The monoisotopic (exact) mass is 237 g/mol. The van der Waals surface area contributed by atoms with Crippen molar-refractivity contribution < 1.29 is 4.79 Å². The van der Waals surface area contributed by atoms with Crippen LogP contribution in [-0.4, -0.2) is 52.7 Å². The number of hydrogen-bond acceptors (Lipinski definition) is 4. The van der Waals surface area contributed by atoms with Crippen molar-refractivity contribution in [3.05, 3.63) is 11.6 Å². The molecular formula is C11H19N5O. The average molecular weight is 237 g/mol. The molecule has 2 N–H and O–H groups in total. The quantitative estimate of drug-likeness (QED) is 0.786. The van der Waals surface area contributed by atoms with Crippen LogP contribution in [0.1, 0.15) is 29.3 Å². The fourth-order valence-corrected chi connectivity index (χ4v) is 2.21. The van der Waals surface area contributed by atoms with E-state index in [9.17, 15) is 4.79 Å². The lowest BCUT2D eigenvalue weighted by Gasteiger charge is -2.31. The number of amides is 1. The molecule has 0 radical (unpaired) electrons. The largest absolute Gasteiger partial charge is 0.336 e. The SMILES string of the molecule is CNCC1CCN(C(=O)c2n[nH]c(C)n2)CC1. The van der Waals surface area contributed by atoms with Gasteiger partial charge in [-0.25, -0.2) is 4.98 Å².